The molecule has 6 nitrogen and oxygen atoms in total. The summed E-state index contributed by atoms with van der Waals surface area (Å²) in [6.45, 7) is 11.1. The van der Waals surface area contributed by atoms with Crippen LogP contribution < -0.4 is 10.1 Å². The Morgan fingerprint density at radius 3 is 2.63 bits per heavy atom. The number of carbonyl (C=O) groups excluding carboxylic acids is 1. The molecule has 1 amide bonds. The lowest BCUT2D eigenvalue weighted by molar-refractivity contribution is -0.125. The molecule has 1 aliphatic heterocycles. The highest BCUT2D eigenvalue weighted by Crippen LogP contribution is 2.34. The first-order chi connectivity index (χ1) is 16.7. The molecule has 0 aromatic heterocycles. The summed E-state index contributed by atoms with van der Waals surface area (Å²) in [5.74, 6) is 1.76. The van der Waals surface area contributed by atoms with Gasteiger partial charge in [-0.1, -0.05) is 17.7 Å². The minimum atomic E-state index is -0.341. The van der Waals surface area contributed by atoms with Crippen LogP contribution in [0, 0.1) is 25.7 Å². The van der Waals surface area contributed by atoms with Gasteiger partial charge in [0.1, 0.15) is 17.4 Å². The van der Waals surface area contributed by atoms with Gasteiger partial charge < -0.3 is 19.7 Å². The molecule has 2 unspecified atom stereocenters. The Hall–Kier alpha value is -2.02. The van der Waals surface area contributed by atoms with E-state index in [0.717, 1.165) is 44.8 Å². The van der Waals surface area contributed by atoms with E-state index in [1.165, 1.54) is 16.7 Å². The quantitative estimate of drug-likeness (QED) is 0.415. The summed E-state index contributed by atoms with van der Waals surface area (Å²) in [7, 11) is 5.80. The number of methoxy groups -OCH3 is 1. The SMILES string of the molecule is COC1=CC=C(Cl)CC1C(=O)NCC1CN(C(C)c2ccc(OCCCCN(C)C)c(C)c2C)C1. The molecule has 1 N–H and O–H groups in total. The highest BCUT2D eigenvalue weighted by atomic mass is 35.5. The van der Waals surface area contributed by atoms with E-state index >= 15 is 0 Å². The van der Waals surface area contributed by atoms with Gasteiger partial charge in [0, 0.05) is 43.0 Å². The van der Waals surface area contributed by atoms with Crippen LogP contribution in [-0.2, 0) is 9.53 Å². The van der Waals surface area contributed by atoms with E-state index in [1.807, 2.05) is 0 Å². The van der Waals surface area contributed by atoms with Gasteiger partial charge in [-0.25, -0.2) is 0 Å². The van der Waals surface area contributed by atoms with Crippen molar-refractivity contribution in [2.45, 2.75) is 46.1 Å². The number of ether oxygens (including phenoxy) is 2. The molecule has 0 spiro atoms. The van der Waals surface area contributed by atoms with E-state index in [9.17, 15) is 4.79 Å². The molecule has 0 saturated carbocycles. The second-order valence-corrected chi connectivity index (χ2v) is 10.6. The molecule has 2 aliphatic rings. The second-order valence-electron chi connectivity index (χ2n) is 10.1. The molecule has 7 heteroatoms. The third-order valence-electron chi connectivity index (χ3n) is 7.31. The number of nitrogens with zero attached hydrogens (tertiary/aromatic N) is 2. The normalized spacial score (nSPS) is 19.6. The molecule has 1 aliphatic carbocycles. The predicted molar refractivity (Wildman–Crippen MR) is 143 cm³/mol. The van der Waals surface area contributed by atoms with Crippen molar-refractivity contribution < 1.29 is 14.3 Å². The minimum Gasteiger partial charge on any atom is -0.500 e. The van der Waals surface area contributed by atoms with Crippen LogP contribution >= 0.6 is 11.6 Å². The number of hydrogen-bond donors (Lipinski definition) is 1. The summed E-state index contributed by atoms with van der Waals surface area (Å²) in [6.07, 6.45) is 6.29. The van der Waals surface area contributed by atoms with Crippen molar-refractivity contribution in [2.75, 3.05) is 54.0 Å². The Bertz CT molecular complexity index is 938. The Labute approximate surface area is 216 Å². The summed E-state index contributed by atoms with van der Waals surface area (Å²) in [5, 5.41) is 3.79. The van der Waals surface area contributed by atoms with Gasteiger partial charge in [0.2, 0.25) is 5.91 Å². The zero-order valence-electron chi connectivity index (χ0n) is 22.2. The van der Waals surface area contributed by atoms with Crippen LogP contribution in [0.25, 0.3) is 0 Å². The fourth-order valence-corrected chi connectivity index (χ4v) is 5.06. The first-order valence-electron chi connectivity index (χ1n) is 12.7. The van der Waals surface area contributed by atoms with Gasteiger partial charge in [0.05, 0.1) is 13.7 Å². The average molecular weight is 504 g/mol. The molecular weight excluding hydrogens is 462 g/mol. The fourth-order valence-electron chi connectivity index (χ4n) is 4.84. The molecule has 1 saturated heterocycles. The van der Waals surface area contributed by atoms with Gasteiger partial charge in [0.25, 0.3) is 0 Å². The Morgan fingerprint density at radius 1 is 1.20 bits per heavy atom. The summed E-state index contributed by atoms with van der Waals surface area (Å²) in [5.41, 5.74) is 3.89. The summed E-state index contributed by atoms with van der Waals surface area (Å²) >= 11 is 6.14. The van der Waals surface area contributed by atoms with E-state index < -0.39 is 0 Å². The molecular formula is C28H42ClN3O3. The van der Waals surface area contributed by atoms with E-state index in [0.29, 0.717) is 35.7 Å². The smallest absolute Gasteiger partial charge is 0.231 e. The number of hydrogen-bond acceptors (Lipinski definition) is 5. The van der Waals surface area contributed by atoms with E-state index in [4.69, 9.17) is 21.1 Å². The van der Waals surface area contributed by atoms with Gasteiger partial charge in [-0.2, -0.15) is 0 Å². The minimum absolute atomic E-state index is 0.0142. The number of allylic oxidation sites excluding steroid dienone is 3. The second kappa shape index (κ2) is 12.8. The average Bonchev–Trinajstić information content (AvgIpc) is 2.79. The highest BCUT2D eigenvalue weighted by molar-refractivity contribution is 6.30. The van der Waals surface area contributed by atoms with Crippen LogP contribution in [0.15, 0.2) is 35.1 Å². The van der Waals surface area contributed by atoms with Crippen molar-refractivity contribution in [2.24, 2.45) is 11.8 Å². The molecule has 1 fully saturated rings. The Balaban J connectivity index is 1.45. The van der Waals surface area contributed by atoms with Crippen molar-refractivity contribution in [3.05, 3.63) is 51.8 Å². The molecule has 194 valence electrons. The molecule has 1 aromatic carbocycles. The van der Waals surface area contributed by atoms with E-state index in [1.54, 1.807) is 19.3 Å². The zero-order valence-corrected chi connectivity index (χ0v) is 23.0. The molecule has 1 heterocycles. The number of rotatable bonds is 12. The third kappa shape index (κ3) is 7.25. The summed E-state index contributed by atoms with van der Waals surface area (Å²) in [6, 6.07) is 4.68. The number of nitrogens with one attached hydrogen (secondary N) is 1. The van der Waals surface area contributed by atoms with E-state index in [2.05, 4.69) is 62.1 Å². The molecule has 3 rings (SSSR count). The number of likely N-dealkylation sites (tertiary alicyclic amines) is 1. The van der Waals surface area contributed by atoms with Crippen LogP contribution in [-0.4, -0.2) is 69.7 Å². The largest absolute Gasteiger partial charge is 0.500 e. The van der Waals surface area contributed by atoms with Crippen LogP contribution in [0.2, 0.25) is 0 Å². The number of carbonyl (C=O) groups is 1. The van der Waals surface area contributed by atoms with E-state index in [-0.39, 0.29) is 11.8 Å². The van der Waals surface area contributed by atoms with Gasteiger partial charge in [-0.3, -0.25) is 9.69 Å². The number of amides is 1. The maximum atomic E-state index is 12.7. The van der Waals surface area contributed by atoms with Gasteiger partial charge >= 0.3 is 0 Å². The number of benzene rings is 1. The standard InChI is InChI=1S/C28H42ClN3O3/c1-19-20(2)26(35-14-8-7-13-31(4)5)12-10-24(19)21(3)32-17-22(18-32)16-30-28(33)25-15-23(29)9-11-27(25)34-6/h9-12,21-22,25H,7-8,13-18H2,1-6H3,(H,30,33). The topological polar surface area (TPSA) is 54.0 Å². The predicted octanol–water partition coefficient (Wildman–Crippen LogP) is 4.81. The van der Waals surface area contributed by atoms with Crippen molar-refractivity contribution >= 4 is 17.5 Å². The van der Waals surface area contributed by atoms with Crippen LogP contribution in [0.4, 0.5) is 0 Å². The number of unbranched alkanes of at least 4 members (excludes halogenated alkanes) is 1. The molecule has 35 heavy (non-hydrogen) atoms. The first-order valence-corrected chi connectivity index (χ1v) is 13.1. The molecule has 0 radical (unpaired) electrons. The van der Waals surface area contributed by atoms with Crippen molar-refractivity contribution in [3.63, 3.8) is 0 Å². The third-order valence-corrected chi connectivity index (χ3v) is 7.59. The van der Waals surface area contributed by atoms with Crippen LogP contribution in [0.5, 0.6) is 5.75 Å². The lowest BCUT2D eigenvalue weighted by Gasteiger charge is -2.44. The Morgan fingerprint density at radius 2 is 1.94 bits per heavy atom. The molecule has 1 aromatic rings. The maximum Gasteiger partial charge on any atom is 0.231 e. The van der Waals surface area contributed by atoms with Gasteiger partial charge in [-0.05, 0) is 89.2 Å². The number of halogens is 1. The summed E-state index contributed by atoms with van der Waals surface area (Å²) in [4.78, 5) is 17.4. The van der Waals surface area contributed by atoms with Crippen molar-refractivity contribution in [1.29, 1.82) is 0 Å². The zero-order chi connectivity index (χ0) is 25.5. The maximum absolute atomic E-state index is 12.7. The molecule has 2 atom stereocenters. The molecule has 0 bridgehead atoms. The fraction of sp³-hybridized carbons (Fsp3) is 0.607. The summed E-state index contributed by atoms with van der Waals surface area (Å²) < 4.78 is 11.4. The van der Waals surface area contributed by atoms with Crippen LogP contribution in [0.3, 0.4) is 0 Å². The lowest BCUT2D eigenvalue weighted by Crippen LogP contribution is -2.52. The lowest BCUT2D eigenvalue weighted by atomic mass is 9.91. The van der Waals surface area contributed by atoms with Crippen LogP contribution in [0.1, 0.15) is 48.9 Å². The van der Waals surface area contributed by atoms with Gasteiger partial charge in [0.15, 0.2) is 0 Å². The van der Waals surface area contributed by atoms with Gasteiger partial charge in [-0.15, -0.1) is 0 Å². The highest BCUT2D eigenvalue weighted by Gasteiger charge is 2.33. The first kappa shape index (κ1) is 27.6. The van der Waals surface area contributed by atoms with Crippen molar-refractivity contribution in [1.82, 2.24) is 15.1 Å². The van der Waals surface area contributed by atoms with Crippen molar-refractivity contribution in [3.8, 4) is 5.75 Å². The Kier molecular flexibility index (Phi) is 10.1. The monoisotopic (exact) mass is 503 g/mol.